The number of hydrogen-bond donors (Lipinski definition) is 1. The lowest BCUT2D eigenvalue weighted by molar-refractivity contribution is 0.362. The summed E-state index contributed by atoms with van der Waals surface area (Å²) in [6.45, 7) is 0. The lowest BCUT2D eigenvalue weighted by Gasteiger charge is -2.40. The summed E-state index contributed by atoms with van der Waals surface area (Å²) in [4.78, 5) is -2.20. The quantitative estimate of drug-likeness (QED) is 0.720. The molecular formula is C6H4ClF5OS. The van der Waals surface area contributed by atoms with Crippen LogP contribution in [-0.4, -0.2) is 5.11 Å². The zero-order valence-electron chi connectivity index (χ0n) is 6.36. The highest BCUT2D eigenvalue weighted by Crippen LogP contribution is 3.02. The standard InChI is InChI=1S/C6H4ClF5OS/c7-4-1-5(13)3-6(2-4)14(8,9,10,11)12/h1-3,13H. The molecule has 0 aliphatic rings. The molecule has 1 N–H and O–H groups in total. The van der Waals surface area contributed by atoms with Crippen LogP contribution in [0.4, 0.5) is 19.4 Å². The van der Waals surface area contributed by atoms with Gasteiger partial charge in [0.05, 0.1) is 0 Å². The molecule has 0 heterocycles. The van der Waals surface area contributed by atoms with Crippen molar-refractivity contribution in [2.24, 2.45) is 0 Å². The van der Waals surface area contributed by atoms with Gasteiger partial charge in [-0.1, -0.05) is 31.0 Å². The summed E-state index contributed by atoms with van der Waals surface area (Å²) >= 11 is 5.11. The van der Waals surface area contributed by atoms with E-state index < -0.39 is 25.9 Å². The molecule has 8 heteroatoms. The normalized spacial score (nSPS) is 17.3. The van der Waals surface area contributed by atoms with Crippen LogP contribution in [0.3, 0.4) is 0 Å². The molecule has 0 saturated heterocycles. The highest BCUT2D eigenvalue weighted by atomic mass is 35.5. The SMILES string of the molecule is Oc1cc(Cl)cc(S(F)(F)(F)(F)F)c1. The summed E-state index contributed by atoms with van der Waals surface area (Å²) in [5, 5.41) is 8.08. The van der Waals surface area contributed by atoms with E-state index in [1.165, 1.54) is 0 Å². The number of hydrogen-bond acceptors (Lipinski definition) is 1. The van der Waals surface area contributed by atoms with E-state index in [4.69, 9.17) is 16.7 Å². The molecule has 0 spiro atoms. The molecule has 1 rings (SSSR count). The number of phenolic OH excluding ortho intramolecular Hbond substituents is 1. The second-order valence-electron chi connectivity index (χ2n) is 2.61. The largest absolute Gasteiger partial charge is 0.508 e. The molecule has 0 saturated carbocycles. The number of halogens is 6. The molecule has 0 bridgehead atoms. The molecule has 82 valence electrons. The Hall–Kier alpha value is -0.690. The summed E-state index contributed by atoms with van der Waals surface area (Å²) < 4.78 is 60.7. The Labute approximate surface area is 80.8 Å². The van der Waals surface area contributed by atoms with Gasteiger partial charge in [0.25, 0.3) is 0 Å². The van der Waals surface area contributed by atoms with Crippen molar-refractivity contribution in [2.45, 2.75) is 4.90 Å². The summed E-state index contributed by atoms with van der Waals surface area (Å²) in [6, 6.07) is 0.741. The Bertz CT molecular complexity index is 366. The van der Waals surface area contributed by atoms with Crippen LogP contribution in [0.25, 0.3) is 0 Å². The molecular weight excluding hydrogens is 251 g/mol. The maximum absolute atomic E-state index is 12.1. The minimum atomic E-state index is -9.74. The van der Waals surface area contributed by atoms with Crippen LogP contribution in [-0.2, 0) is 0 Å². The van der Waals surface area contributed by atoms with Crippen molar-refractivity contribution in [1.82, 2.24) is 0 Å². The van der Waals surface area contributed by atoms with Gasteiger partial charge in [-0.25, -0.2) is 0 Å². The predicted octanol–water partition coefficient (Wildman–Crippen LogP) is 4.70. The summed E-state index contributed by atoms with van der Waals surface area (Å²) in [5.41, 5.74) is 0. The topological polar surface area (TPSA) is 20.2 Å². The van der Waals surface area contributed by atoms with Gasteiger partial charge in [0.1, 0.15) is 10.6 Å². The van der Waals surface area contributed by atoms with Gasteiger partial charge in [-0.15, -0.1) is 0 Å². The van der Waals surface area contributed by atoms with Crippen LogP contribution in [0, 0.1) is 0 Å². The molecule has 14 heavy (non-hydrogen) atoms. The zero-order valence-corrected chi connectivity index (χ0v) is 7.93. The Morgan fingerprint density at radius 2 is 1.50 bits per heavy atom. The third-order valence-corrected chi connectivity index (χ3v) is 2.65. The molecule has 0 aliphatic heterocycles. The molecule has 0 atom stereocenters. The van der Waals surface area contributed by atoms with E-state index in [-0.39, 0.29) is 12.1 Å². The van der Waals surface area contributed by atoms with Gasteiger partial charge in [-0.05, 0) is 12.1 Å². The Morgan fingerprint density at radius 3 is 1.86 bits per heavy atom. The molecule has 0 aliphatic carbocycles. The van der Waals surface area contributed by atoms with E-state index >= 15 is 0 Å². The van der Waals surface area contributed by atoms with Crippen LogP contribution in [0.1, 0.15) is 0 Å². The lowest BCUT2D eigenvalue weighted by Crippen LogP contribution is -2.05. The van der Waals surface area contributed by atoms with Gasteiger partial charge < -0.3 is 5.11 Å². The Kier molecular flexibility index (Phi) is 1.85. The van der Waals surface area contributed by atoms with Crippen LogP contribution >= 0.6 is 21.8 Å². The van der Waals surface area contributed by atoms with Crippen LogP contribution < -0.4 is 0 Å². The third-order valence-electron chi connectivity index (χ3n) is 1.30. The van der Waals surface area contributed by atoms with Gasteiger partial charge in [0.15, 0.2) is 0 Å². The first-order valence-corrected chi connectivity index (χ1v) is 5.45. The fourth-order valence-electron chi connectivity index (χ4n) is 0.771. The second-order valence-corrected chi connectivity index (χ2v) is 5.46. The number of benzene rings is 1. The maximum Gasteiger partial charge on any atom is 0.310 e. The third kappa shape index (κ3) is 2.65. The average molecular weight is 255 g/mol. The highest BCUT2D eigenvalue weighted by molar-refractivity contribution is 8.45. The number of rotatable bonds is 1. The van der Waals surface area contributed by atoms with Gasteiger partial charge >= 0.3 is 10.2 Å². The van der Waals surface area contributed by atoms with Crippen molar-refractivity contribution in [3.05, 3.63) is 23.2 Å². The molecule has 0 aromatic heterocycles. The van der Waals surface area contributed by atoms with Crippen molar-refractivity contribution >= 4 is 21.8 Å². The number of phenols is 1. The van der Waals surface area contributed by atoms with Crippen molar-refractivity contribution in [2.75, 3.05) is 0 Å². The van der Waals surface area contributed by atoms with E-state index in [2.05, 4.69) is 0 Å². The first kappa shape index (κ1) is 11.4. The fraction of sp³-hybridized carbons (Fsp3) is 0. The smallest absolute Gasteiger partial charge is 0.310 e. The summed E-state index contributed by atoms with van der Waals surface area (Å²) in [6.07, 6.45) is 0. The average Bonchev–Trinajstić information content (AvgIpc) is 1.78. The molecule has 0 unspecified atom stereocenters. The van der Waals surface area contributed by atoms with Crippen LogP contribution in [0.5, 0.6) is 5.75 Å². The van der Waals surface area contributed by atoms with Gasteiger partial charge in [0.2, 0.25) is 0 Å². The van der Waals surface area contributed by atoms with E-state index in [1.807, 2.05) is 0 Å². The first-order chi connectivity index (χ1) is 5.88. The molecule has 0 radical (unpaired) electrons. The van der Waals surface area contributed by atoms with Gasteiger partial charge in [-0.3, -0.25) is 0 Å². The molecule has 1 aromatic rings. The van der Waals surface area contributed by atoms with E-state index in [9.17, 15) is 19.4 Å². The minimum absolute atomic E-state index is 0.0621. The monoisotopic (exact) mass is 254 g/mol. The van der Waals surface area contributed by atoms with Crippen molar-refractivity contribution in [3.8, 4) is 5.75 Å². The van der Waals surface area contributed by atoms with Gasteiger partial charge in [-0.2, -0.15) is 0 Å². The summed E-state index contributed by atoms with van der Waals surface area (Å²) in [7, 11) is -9.74. The Morgan fingerprint density at radius 1 is 1.00 bits per heavy atom. The highest BCUT2D eigenvalue weighted by Gasteiger charge is 2.65. The fourth-order valence-corrected chi connectivity index (χ4v) is 1.76. The maximum atomic E-state index is 12.1. The minimum Gasteiger partial charge on any atom is -0.508 e. The molecule has 0 amide bonds. The first-order valence-electron chi connectivity index (χ1n) is 3.12. The van der Waals surface area contributed by atoms with E-state index in [1.54, 1.807) is 0 Å². The zero-order chi connectivity index (χ0) is 11.3. The van der Waals surface area contributed by atoms with E-state index in [0.29, 0.717) is 0 Å². The van der Waals surface area contributed by atoms with Crippen LogP contribution in [0.15, 0.2) is 23.1 Å². The number of aromatic hydroxyl groups is 1. The lowest BCUT2D eigenvalue weighted by atomic mass is 10.3. The van der Waals surface area contributed by atoms with Gasteiger partial charge in [0, 0.05) is 11.1 Å². The Balaban J connectivity index is 3.50. The van der Waals surface area contributed by atoms with Crippen molar-refractivity contribution < 1.29 is 24.5 Å². The molecule has 0 fully saturated rings. The van der Waals surface area contributed by atoms with Crippen molar-refractivity contribution in [1.29, 1.82) is 0 Å². The summed E-state index contributed by atoms with van der Waals surface area (Å²) in [5.74, 6) is -0.958. The molecule has 1 nitrogen and oxygen atoms in total. The predicted molar refractivity (Wildman–Crippen MR) is 44.5 cm³/mol. The second kappa shape index (κ2) is 2.27. The molecule has 1 aromatic carbocycles. The van der Waals surface area contributed by atoms with Crippen LogP contribution in [0.2, 0.25) is 5.02 Å². The van der Waals surface area contributed by atoms with E-state index in [0.717, 1.165) is 6.07 Å². The van der Waals surface area contributed by atoms with Crippen molar-refractivity contribution in [3.63, 3.8) is 0 Å².